The lowest BCUT2D eigenvalue weighted by atomic mass is 10.1. The monoisotopic (exact) mass is 399 g/mol. The number of rotatable bonds is 7. The molecule has 4 rings (SSSR count). The van der Waals surface area contributed by atoms with Crippen molar-refractivity contribution in [1.29, 1.82) is 0 Å². The van der Waals surface area contributed by atoms with Crippen molar-refractivity contribution in [3.8, 4) is 22.6 Å². The second-order valence-electron chi connectivity index (χ2n) is 6.55. The summed E-state index contributed by atoms with van der Waals surface area (Å²) in [6, 6.07) is 7.89. The number of imidazole rings is 1. The lowest BCUT2D eigenvalue weighted by Gasteiger charge is -2.21. The van der Waals surface area contributed by atoms with E-state index in [4.69, 9.17) is 14.6 Å². The first-order chi connectivity index (χ1) is 14.2. The maximum atomic E-state index is 13.4. The highest BCUT2D eigenvalue weighted by Gasteiger charge is 2.24. The van der Waals surface area contributed by atoms with Gasteiger partial charge in [0, 0.05) is 24.9 Å². The van der Waals surface area contributed by atoms with Crippen LogP contribution in [0.15, 0.2) is 36.5 Å². The number of benzene rings is 1. The zero-order valence-corrected chi connectivity index (χ0v) is 15.8. The minimum Gasteiger partial charge on any atom is -0.396 e. The van der Waals surface area contributed by atoms with Crippen molar-refractivity contribution in [3.05, 3.63) is 48.2 Å². The van der Waals surface area contributed by atoms with E-state index in [1.54, 1.807) is 24.4 Å². The van der Waals surface area contributed by atoms with Gasteiger partial charge in [-0.2, -0.15) is 0 Å². The van der Waals surface area contributed by atoms with Gasteiger partial charge < -0.3 is 24.9 Å². The van der Waals surface area contributed by atoms with Crippen molar-refractivity contribution in [1.82, 2.24) is 19.9 Å². The molecule has 0 atom stereocenters. The molecule has 0 spiro atoms. The second-order valence-corrected chi connectivity index (χ2v) is 6.55. The molecular weight excluding hydrogens is 377 g/mol. The maximum absolute atomic E-state index is 13.4. The first-order valence-electron chi connectivity index (χ1n) is 9.52. The molecule has 3 heterocycles. The Morgan fingerprint density at radius 1 is 1.14 bits per heavy atom. The normalized spacial score (nSPS) is 14.8. The smallest absolute Gasteiger partial charge is 0.223 e. The number of ether oxygens (including phenoxy) is 2. The van der Waals surface area contributed by atoms with Gasteiger partial charge in [0.25, 0.3) is 0 Å². The first kappa shape index (κ1) is 19.4. The van der Waals surface area contributed by atoms with Gasteiger partial charge in [-0.25, -0.2) is 19.3 Å². The third-order valence-electron chi connectivity index (χ3n) is 4.42. The molecule has 29 heavy (non-hydrogen) atoms. The molecule has 0 unspecified atom stereocenters. The summed E-state index contributed by atoms with van der Waals surface area (Å²) >= 11 is 0. The molecule has 152 valence electrons. The summed E-state index contributed by atoms with van der Waals surface area (Å²) in [7, 11) is 0. The Morgan fingerprint density at radius 3 is 2.69 bits per heavy atom. The number of nitrogens with one attached hydrogen (secondary N) is 2. The maximum Gasteiger partial charge on any atom is 0.223 e. The number of hydrogen-bond donors (Lipinski definition) is 3. The quantitative estimate of drug-likeness (QED) is 0.525. The average molecular weight is 399 g/mol. The Hall–Kier alpha value is -2.88. The molecule has 2 aromatic heterocycles. The van der Waals surface area contributed by atoms with Gasteiger partial charge in [0.2, 0.25) is 12.2 Å². The fourth-order valence-corrected chi connectivity index (χ4v) is 3.01. The van der Waals surface area contributed by atoms with Gasteiger partial charge in [0.05, 0.1) is 30.3 Å². The Balaban J connectivity index is 1.71. The molecule has 1 aromatic carbocycles. The van der Waals surface area contributed by atoms with E-state index >= 15 is 0 Å². The third kappa shape index (κ3) is 4.58. The summed E-state index contributed by atoms with van der Waals surface area (Å²) in [4.78, 5) is 16.7. The molecule has 1 saturated heterocycles. The van der Waals surface area contributed by atoms with Gasteiger partial charge in [0.1, 0.15) is 5.82 Å². The van der Waals surface area contributed by atoms with Crippen LogP contribution in [0.2, 0.25) is 0 Å². The SMILES string of the molecule is OCCCNc1nccc(-c2[nH]c(C3OCCCO3)nc2-c2ccc(F)cc2)n1. The predicted molar refractivity (Wildman–Crippen MR) is 104 cm³/mol. The highest BCUT2D eigenvalue weighted by molar-refractivity contribution is 5.77. The zero-order valence-electron chi connectivity index (χ0n) is 15.8. The van der Waals surface area contributed by atoms with Crippen molar-refractivity contribution in [3.63, 3.8) is 0 Å². The zero-order chi connectivity index (χ0) is 20.1. The van der Waals surface area contributed by atoms with Gasteiger partial charge in [-0.15, -0.1) is 0 Å². The molecule has 3 aromatic rings. The predicted octanol–water partition coefficient (Wildman–Crippen LogP) is 2.90. The molecule has 8 nitrogen and oxygen atoms in total. The third-order valence-corrected chi connectivity index (χ3v) is 4.42. The summed E-state index contributed by atoms with van der Waals surface area (Å²) in [6.45, 7) is 1.84. The van der Waals surface area contributed by atoms with E-state index < -0.39 is 6.29 Å². The van der Waals surface area contributed by atoms with Crippen LogP contribution >= 0.6 is 0 Å². The molecule has 0 amide bonds. The van der Waals surface area contributed by atoms with E-state index in [1.807, 2.05) is 0 Å². The first-order valence-corrected chi connectivity index (χ1v) is 9.52. The lowest BCUT2D eigenvalue weighted by Crippen LogP contribution is -2.18. The van der Waals surface area contributed by atoms with Crippen LogP contribution in [-0.4, -0.2) is 51.4 Å². The number of H-pyrrole nitrogens is 1. The summed E-state index contributed by atoms with van der Waals surface area (Å²) in [5, 5.41) is 12.0. The largest absolute Gasteiger partial charge is 0.396 e. The minimum atomic E-state index is -0.583. The molecule has 0 saturated carbocycles. The van der Waals surface area contributed by atoms with Crippen LogP contribution < -0.4 is 5.32 Å². The van der Waals surface area contributed by atoms with Crippen molar-refractivity contribution < 1.29 is 19.0 Å². The van der Waals surface area contributed by atoms with E-state index in [-0.39, 0.29) is 12.4 Å². The van der Waals surface area contributed by atoms with Crippen LogP contribution in [0.1, 0.15) is 25.0 Å². The minimum absolute atomic E-state index is 0.0900. The summed E-state index contributed by atoms with van der Waals surface area (Å²) in [6.07, 6.45) is 2.50. The van der Waals surface area contributed by atoms with E-state index in [2.05, 4.69) is 25.3 Å². The lowest BCUT2D eigenvalue weighted by molar-refractivity contribution is -0.186. The van der Waals surface area contributed by atoms with Gasteiger partial charge in [-0.1, -0.05) is 0 Å². The van der Waals surface area contributed by atoms with E-state index in [9.17, 15) is 4.39 Å². The number of anilines is 1. The Morgan fingerprint density at radius 2 is 1.93 bits per heavy atom. The molecule has 0 bridgehead atoms. The fourth-order valence-electron chi connectivity index (χ4n) is 3.01. The fraction of sp³-hybridized carbons (Fsp3) is 0.350. The average Bonchev–Trinajstić information content (AvgIpc) is 3.21. The number of aliphatic hydroxyl groups excluding tert-OH is 1. The van der Waals surface area contributed by atoms with Gasteiger partial charge in [0.15, 0.2) is 5.82 Å². The Kier molecular flexibility index (Phi) is 6.09. The topological polar surface area (TPSA) is 105 Å². The molecule has 9 heteroatoms. The molecular formula is C20H22FN5O3. The van der Waals surface area contributed by atoms with E-state index in [1.165, 1.54) is 12.1 Å². The van der Waals surface area contributed by atoms with Crippen molar-refractivity contribution >= 4 is 5.95 Å². The summed E-state index contributed by atoms with van der Waals surface area (Å²) < 4.78 is 24.7. The molecule has 0 aliphatic carbocycles. The van der Waals surface area contributed by atoms with Crippen LogP contribution in [-0.2, 0) is 9.47 Å². The summed E-state index contributed by atoms with van der Waals surface area (Å²) in [5.74, 6) is 0.664. The Bertz CT molecular complexity index is 942. The van der Waals surface area contributed by atoms with Crippen molar-refractivity contribution in [2.24, 2.45) is 0 Å². The molecule has 3 N–H and O–H groups in total. The summed E-state index contributed by atoms with van der Waals surface area (Å²) in [5.41, 5.74) is 2.66. The number of aliphatic hydroxyl groups is 1. The van der Waals surface area contributed by atoms with Gasteiger partial charge in [-0.3, -0.25) is 0 Å². The van der Waals surface area contributed by atoms with Crippen molar-refractivity contribution in [2.45, 2.75) is 19.1 Å². The second kappa shape index (κ2) is 9.08. The highest BCUT2D eigenvalue weighted by Crippen LogP contribution is 2.32. The van der Waals surface area contributed by atoms with Crippen LogP contribution in [0.4, 0.5) is 10.3 Å². The number of hydrogen-bond acceptors (Lipinski definition) is 7. The number of aromatic nitrogens is 4. The number of aromatic amines is 1. The van der Waals surface area contributed by atoms with Crippen LogP contribution in [0.5, 0.6) is 0 Å². The van der Waals surface area contributed by atoms with E-state index in [0.717, 1.165) is 12.0 Å². The Labute approximate surface area is 167 Å². The molecule has 1 aliphatic rings. The number of nitrogens with zero attached hydrogens (tertiary/aromatic N) is 3. The molecule has 1 aliphatic heterocycles. The van der Waals surface area contributed by atoms with Gasteiger partial charge in [-0.05, 0) is 43.2 Å². The number of halogens is 1. The highest BCUT2D eigenvalue weighted by atomic mass is 19.1. The molecule has 0 radical (unpaired) electrons. The molecule has 1 fully saturated rings. The van der Waals surface area contributed by atoms with Gasteiger partial charge >= 0.3 is 0 Å². The van der Waals surface area contributed by atoms with Crippen LogP contribution in [0.3, 0.4) is 0 Å². The van der Waals surface area contributed by atoms with Crippen LogP contribution in [0, 0.1) is 5.82 Å². The van der Waals surface area contributed by atoms with E-state index in [0.29, 0.717) is 55.0 Å². The van der Waals surface area contributed by atoms with Crippen LogP contribution in [0.25, 0.3) is 22.6 Å². The standard InChI is InChI=1S/C20H22FN5O3/c21-14-5-3-13(4-6-14)16-17(26-18(25-16)19-28-11-2-12-29-19)15-7-9-23-20(24-15)22-8-1-10-27/h3-7,9,19,27H,1-2,8,10-12H2,(H,25,26)(H,22,23,24). The van der Waals surface area contributed by atoms with Crippen molar-refractivity contribution in [2.75, 3.05) is 31.7 Å².